The first-order valence-electron chi connectivity index (χ1n) is 11.8. The third-order valence-electron chi connectivity index (χ3n) is 7.08. The molecule has 170 valence electrons. The van der Waals surface area contributed by atoms with Gasteiger partial charge in [0, 0.05) is 42.5 Å². The average molecular weight is 445 g/mol. The number of non-ortho nitro benzene ring substituents is 1. The van der Waals surface area contributed by atoms with Crippen molar-refractivity contribution in [1.29, 1.82) is 0 Å². The van der Waals surface area contributed by atoms with Crippen molar-refractivity contribution in [2.75, 3.05) is 18.0 Å². The van der Waals surface area contributed by atoms with Gasteiger partial charge in [-0.1, -0.05) is 49.6 Å². The molecule has 7 nitrogen and oxygen atoms in total. The quantitative estimate of drug-likeness (QED) is 0.399. The van der Waals surface area contributed by atoms with Gasteiger partial charge in [0.1, 0.15) is 5.52 Å². The number of carbonyl (C=O) groups is 1. The molecule has 2 heterocycles. The van der Waals surface area contributed by atoms with Gasteiger partial charge in [-0.3, -0.25) is 19.8 Å². The summed E-state index contributed by atoms with van der Waals surface area (Å²) in [6, 6.07) is 16.9. The highest BCUT2D eigenvalue weighted by atomic mass is 16.6. The Morgan fingerprint density at radius 3 is 2.55 bits per heavy atom. The number of para-hydroxylation sites is 2. The Morgan fingerprint density at radius 1 is 1.00 bits per heavy atom. The Balaban J connectivity index is 1.51. The van der Waals surface area contributed by atoms with Gasteiger partial charge in [-0.05, 0) is 37.5 Å². The first kappa shape index (κ1) is 21.5. The van der Waals surface area contributed by atoms with Crippen LogP contribution in [0.1, 0.15) is 48.9 Å². The van der Waals surface area contributed by atoms with Crippen molar-refractivity contribution < 1.29 is 9.72 Å². The summed E-state index contributed by atoms with van der Waals surface area (Å²) in [5.74, 6) is -0.135. The number of nitro benzene ring substituents is 1. The zero-order valence-electron chi connectivity index (χ0n) is 18.6. The van der Waals surface area contributed by atoms with Crippen molar-refractivity contribution >= 4 is 28.2 Å². The molecule has 1 atom stereocenters. The average Bonchev–Trinajstić information content (AvgIpc) is 3.34. The van der Waals surface area contributed by atoms with Gasteiger partial charge in [0.25, 0.3) is 11.6 Å². The van der Waals surface area contributed by atoms with Crippen molar-refractivity contribution in [3.63, 3.8) is 0 Å². The molecule has 1 saturated carbocycles. The zero-order valence-corrected chi connectivity index (χ0v) is 18.6. The number of rotatable bonds is 5. The standard InChI is InChI=1S/C26H28N4O3/c31-26(23-14-16-27-25-22(23)12-7-13-24(25)30(32)33)29(20-10-5-2-6-11-20)21-15-17-28(18-21)19-8-3-1-4-9-19/h2,5-7,10-14,16,19,21H,1,3-4,8-9,15,17-18H2. The molecule has 1 amide bonds. The van der Waals surface area contributed by atoms with Gasteiger partial charge >= 0.3 is 0 Å². The van der Waals surface area contributed by atoms with Crippen molar-refractivity contribution in [2.24, 2.45) is 0 Å². The van der Waals surface area contributed by atoms with Gasteiger partial charge in [-0.2, -0.15) is 0 Å². The first-order valence-corrected chi connectivity index (χ1v) is 11.8. The van der Waals surface area contributed by atoms with Crippen LogP contribution in [0.4, 0.5) is 11.4 Å². The number of aromatic nitrogens is 1. The van der Waals surface area contributed by atoms with Crippen molar-refractivity contribution in [2.45, 2.75) is 50.6 Å². The molecular formula is C26H28N4O3. The van der Waals surface area contributed by atoms with Gasteiger partial charge in [0.15, 0.2) is 0 Å². The number of hydrogen-bond acceptors (Lipinski definition) is 5. The van der Waals surface area contributed by atoms with Crippen LogP contribution in [0.5, 0.6) is 0 Å². The van der Waals surface area contributed by atoms with E-state index < -0.39 is 4.92 Å². The van der Waals surface area contributed by atoms with E-state index in [4.69, 9.17) is 0 Å². The summed E-state index contributed by atoms with van der Waals surface area (Å²) < 4.78 is 0. The number of likely N-dealkylation sites (tertiary alicyclic amines) is 1. The van der Waals surface area contributed by atoms with Gasteiger partial charge in [0.2, 0.25) is 0 Å². The van der Waals surface area contributed by atoms with E-state index in [9.17, 15) is 14.9 Å². The molecule has 0 bridgehead atoms. The van der Waals surface area contributed by atoms with Gasteiger partial charge < -0.3 is 4.90 Å². The van der Waals surface area contributed by atoms with Crippen LogP contribution in [0.3, 0.4) is 0 Å². The highest BCUT2D eigenvalue weighted by Crippen LogP contribution is 2.32. The Labute approximate surface area is 193 Å². The van der Waals surface area contributed by atoms with E-state index in [2.05, 4.69) is 9.88 Å². The number of amides is 1. The maximum atomic E-state index is 14.0. The number of nitro groups is 1. The molecule has 2 aromatic carbocycles. The van der Waals surface area contributed by atoms with Crippen LogP contribution in [0.2, 0.25) is 0 Å². The minimum atomic E-state index is -0.447. The molecule has 2 aliphatic rings. The lowest BCUT2D eigenvalue weighted by Crippen LogP contribution is -2.44. The molecule has 1 aliphatic carbocycles. The first-order chi connectivity index (χ1) is 16.1. The lowest BCUT2D eigenvalue weighted by molar-refractivity contribution is -0.383. The Morgan fingerprint density at radius 2 is 1.79 bits per heavy atom. The van der Waals surface area contributed by atoms with Crippen molar-refractivity contribution in [1.82, 2.24) is 9.88 Å². The van der Waals surface area contributed by atoms with E-state index in [0.717, 1.165) is 25.2 Å². The second kappa shape index (κ2) is 9.27. The van der Waals surface area contributed by atoms with Crippen LogP contribution in [-0.2, 0) is 0 Å². The number of carbonyl (C=O) groups excluding carboxylic acids is 1. The SMILES string of the molecule is O=C(c1ccnc2c([N+](=O)[O-])cccc12)N(c1ccccc1)C1CCN(C2CCCCC2)C1. The number of anilines is 1. The molecule has 0 spiro atoms. The molecule has 1 unspecified atom stereocenters. The molecule has 2 fully saturated rings. The van der Waals surface area contributed by atoms with Crippen LogP contribution in [-0.4, -0.2) is 45.9 Å². The van der Waals surface area contributed by atoms with Crippen LogP contribution in [0.15, 0.2) is 60.8 Å². The minimum absolute atomic E-state index is 0.0590. The molecule has 1 aliphatic heterocycles. The second-order valence-electron chi connectivity index (χ2n) is 9.03. The van der Waals surface area contributed by atoms with E-state index in [1.807, 2.05) is 35.2 Å². The smallest absolute Gasteiger partial charge is 0.295 e. The van der Waals surface area contributed by atoms with E-state index >= 15 is 0 Å². The van der Waals surface area contributed by atoms with E-state index in [-0.39, 0.29) is 23.2 Å². The Hall–Kier alpha value is -3.32. The van der Waals surface area contributed by atoms with Crippen molar-refractivity contribution in [3.8, 4) is 0 Å². The highest BCUT2D eigenvalue weighted by Gasteiger charge is 2.36. The number of fused-ring (bicyclic) bond motifs is 1. The molecule has 0 N–H and O–H groups in total. The van der Waals surface area contributed by atoms with Gasteiger partial charge in [0.05, 0.1) is 16.5 Å². The fourth-order valence-corrected chi connectivity index (χ4v) is 5.46. The molecule has 0 radical (unpaired) electrons. The normalized spacial score (nSPS) is 19.6. The predicted octanol–water partition coefficient (Wildman–Crippen LogP) is 5.20. The molecular weight excluding hydrogens is 416 g/mol. The zero-order chi connectivity index (χ0) is 22.8. The molecule has 1 saturated heterocycles. The fraction of sp³-hybridized carbons (Fsp3) is 0.385. The molecule has 5 rings (SSSR count). The Bertz CT molecular complexity index is 1160. The molecule has 3 aromatic rings. The number of hydrogen-bond donors (Lipinski definition) is 0. The topological polar surface area (TPSA) is 79.6 Å². The molecule has 33 heavy (non-hydrogen) atoms. The lowest BCUT2D eigenvalue weighted by atomic mass is 9.94. The number of benzene rings is 2. The summed E-state index contributed by atoms with van der Waals surface area (Å²) in [7, 11) is 0. The summed E-state index contributed by atoms with van der Waals surface area (Å²) in [5, 5.41) is 12.0. The van der Waals surface area contributed by atoms with Crippen molar-refractivity contribution in [3.05, 3.63) is 76.5 Å². The molecule has 1 aromatic heterocycles. The minimum Gasteiger partial charge on any atom is -0.304 e. The highest BCUT2D eigenvalue weighted by molar-refractivity contribution is 6.14. The Kier molecular flexibility index (Phi) is 6.05. The summed E-state index contributed by atoms with van der Waals surface area (Å²) in [5.41, 5.74) is 1.46. The van der Waals surface area contributed by atoms with Gasteiger partial charge in [-0.25, -0.2) is 4.98 Å². The largest absolute Gasteiger partial charge is 0.304 e. The predicted molar refractivity (Wildman–Crippen MR) is 128 cm³/mol. The summed E-state index contributed by atoms with van der Waals surface area (Å²) in [4.78, 5) is 33.8. The van der Waals surface area contributed by atoms with Crippen LogP contribution < -0.4 is 4.90 Å². The third kappa shape index (κ3) is 4.20. The maximum Gasteiger partial charge on any atom is 0.295 e. The molecule has 7 heteroatoms. The summed E-state index contributed by atoms with van der Waals surface area (Å²) >= 11 is 0. The monoisotopic (exact) mass is 444 g/mol. The fourth-order valence-electron chi connectivity index (χ4n) is 5.46. The maximum absolute atomic E-state index is 14.0. The van der Waals surface area contributed by atoms with Crippen LogP contribution in [0.25, 0.3) is 10.9 Å². The summed E-state index contributed by atoms with van der Waals surface area (Å²) in [6.45, 7) is 1.85. The number of pyridine rings is 1. The van der Waals surface area contributed by atoms with E-state index in [1.165, 1.54) is 44.4 Å². The van der Waals surface area contributed by atoms with Crippen LogP contribution >= 0.6 is 0 Å². The lowest BCUT2D eigenvalue weighted by Gasteiger charge is -2.33. The summed E-state index contributed by atoms with van der Waals surface area (Å²) in [6.07, 6.45) is 8.79. The van der Waals surface area contributed by atoms with Crippen LogP contribution in [0, 0.1) is 10.1 Å². The van der Waals surface area contributed by atoms with E-state index in [0.29, 0.717) is 17.0 Å². The number of nitrogens with zero attached hydrogens (tertiary/aromatic N) is 4. The van der Waals surface area contributed by atoms with E-state index in [1.54, 1.807) is 18.2 Å². The van der Waals surface area contributed by atoms with Gasteiger partial charge in [-0.15, -0.1) is 0 Å². The second-order valence-corrected chi connectivity index (χ2v) is 9.03. The third-order valence-corrected chi connectivity index (χ3v) is 7.08.